The molecule has 0 saturated carbocycles. The van der Waals surface area contributed by atoms with Crippen molar-refractivity contribution in [2.45, 2.75) is 50.4 Å². The van der Waals surface area contributed by atoms with Gasteiger partial charge in [0.15, 0.2) is 0 Å². The summed E-state index contributed by atoms with van der Waals surface area (Å²) in [7, 11) is 1.27. The molecule has 5 aromatic carbocycles. The van der Waals surface area contributed by atoms with Crippen LogP contribution in [-0.2, 0) is 51.3 Å². The zero-order valence-electron chi connectivity index (χ0n) is 30.3. The Hall–Kier alpha value is -6.36. The highest BCUT2D eigenvalue weighted by Gasteiger charge is 2.35. The lowest BCUT2D eigenvalue weighted by Crippen LogP contribution is -2.53. The Labute approximate surface area is 330 Å². The van der Waals surface area contributed by atoms with Gasteiger partial charge in [-0.2, -0.15) is 18.4 Å². The summed E-state index contributed by atoms with van der Waals surface area (Å²) in [5.74, 6) is -0.545. The molecule has 10 nitrogen and oxygen atoms in total. The number of benzene rings is 5. The van der Waals surface area contributed by atoms with Gasteiger partial charge in [0, 0.05) is 18.5 Å². The van der Waals surface area contributed by atoms with Crippen molar-refractivity contribution < 1.29 is 41.8 Å². The molecule has 3 N–H and O–H groups in total. The third-order valence-corrected chi connectivity index (χ3v) is 10.1. The minimum atomic E-state index is -4.59. The molecule has 5 aromatic rings. The normalized spacial score (nSPS) is 16.5. The Bertz CT molecular complexity index is 2360. The van der Waals surface area contributed by atoms with E-state index in [1.807, 2.05) is 42.5 Å². The monoisotopic (exact) mass is 794 g/mol. The number of alkyl halides is 3. The Balaban J connectivity index is 0.964. The van der Waals surface area contributed by atoms with Gasteiger partial charge in [0.1, 0.15) is 24.1 Å². The molecule has 0 fully saturated rings. The van der Waals surface area contributed by atoms with E-state index in [1.54, 1.807) is 42.5 Å². The lowest BCUT2D eigenvalue weighted by atomic mass is 9.93. The highest BCUT2D eigenvalue weighted by atomic mass is 35.5. The predicted octanol–water partition coefficient (Wildman–Crippen LogP) is 7.46. The molecule has 7 rings (SSSR count). The average Bonchev–Trinajstić information content (AvgIpc) is 3.21. The number of nitriles is 1. The Morgan fingerprint density at radius 1 is 0.947 bits per heavy atom. The first-order valence-electron chi connectivity index (χ1n) is 17.8. The second-order valence-electron chi connectivity index (χ2n) is 13.6. The number of carbonyl (C=O) groups excluding carboxylic acids is 3. The summed E-state index contributed by atoms with van der Waals surface area (Å²) in [4.78, 5) is 39.5. The summed E-state index contributed by atoms with van der Waals surface area (Å²) in [5.41, 5.74) is 5.30. The Morgan fingerprint density at radius 2 is 1.63 bits per heavy atom. The number of carbonyl (C=O) groups is 3. The standard InChI is InChI=1S/C43H34ClF3N4O6/c1-55-42(54)37(17-24-2-7-27(8-3-24)28-9-4-25(21-48)5-10-28)51-40(52)36-19-30-18-35-38(20-31(30)22-49-36)57-39(41(53)50-35)29-11-13-32(14-12-29)56-23-26-6-15-34(44)33(16-26)43(45,46)47/h2-16,18,20,36-37,39,49H,17,19,22-23H2,1H3,(H,50,53)(H,51,52)/t36?,37-,39-/m0/s1. The first-order chi connectivity index (χ1) is 27.4. The number of hydrogen-bond acceptors (Lipinski definition) is 8. The molecule has 3 atom stereocenters. The zero-order valence-corrected chi connectivity index (χ0v) is 31.0. The fraction of sp³-hybridized carbons (Fsp3) is 0.209. The molecule has 0 radical (unpaired) electrons. The lowest BCUT2D eigenvalue weighted by molar-refractivity contribution is -0.145. The minimum absolute atomic E-state index is 0.127. The number of nitrogens with one attached hydrogen (secondary N) is 3. The van der Waals surface area contributed by atoms with Crippen molar-refractivity contribution in [2.24, 2.45) is 0 Å². The smallest absolute Gasteiger partial charge is 0.417 e. The number of anilines is 1. The molecular weight excluding hydrogens is 761 g/mol. The molecule has 2 heterocycles. The van der Waals surface area contributed by atoms with E-state index in [9.17, 15) is 27.6 Å². The van der Waals surface area contributed by atoms with Crippen LogP contribution in [0.5, 0.6) is 11.5 Å². The van der Waals surface area contributed by atoms with Gasteiger partial charge in [0.25, 0.3) is 5.91 Å². The van der Waals surface area contributed by atoms with Crippen LogP contribution in [0.15, 0.2) is 103 Å². The van der Waals surface area contributed by atoms with E-state index in [0.29, 0.717) is 34.9 Å². The van der Waals surface area contributed by atoms with Crippen molar-refractivity contribution in [3.8, 4) is 28.7 Å². The minimum Gasteiger partial charge on any atom is -0.489 e. The third-order valence-electron chi connectivity index (χ3n) is 9.79. The number of ether oxygens (including phenoxy) is 3. The van der Waals surface area contributed by atoms with E-state index in [-0.39, 0.29) is 30.9 Å². The van der Waals surface area contributed by atoms with E-state index >= 15 is 0 Å². The van der Waals surface area contributed by atoms with Gasteiger partial charge >= 0.3 is 12.1 Å². The summed E-state index contributed by atoms with van der Waals surface area (Å²) >= 11 is 5.71. The summed E-state index contributed by atoms with van der Waals surface area (Å²) in [5, 5.41) is 17.6. The van der Waals surface area contributed by atoms with Gasteiger partial charge in [-0.05, 0) is 88.3 Å². The van der Waals surface area contributed by atoms with Gasteiger partial charge in [-0.15, -0.1) is 0 Å². The van der Waals surface area contributed by atoms with Gasteiger partial charge in [0.2, 0.25) is 12.0 Å². The van der Waals surface area contributed by atoms with Crippen LogP contribution in [0, 0.1) is 11.3 Å². The number of nitrogens with zero attached hydrogens (tertiary/aromatic N) is 1. The van der Waals surface area contributed by atoms with Gasteiger partial charge < -0.3 is 30.2 Å². The summed E-state index contributed by atoms with van der Waals surface area (Å²) in [6, 6.07) is 29.0. The van der Waals surface area contributed by atoms with E-state index < -0.39 is 46.8 Å². The number of amides is 2. The predicted molar refractivity (Wildman–Crippen MR) is 204 cm³/mol. The number of fused-ring (bicyclic) bond motifs is 2. The molecule has 2 aliphatic heterocycles. The number of methoxy groups -OCH3 is 1. The van der Waals surface area contributed by atoms with Crippen LogP contribution < -0.4 is 25.4 Å². The zero-order chi connectivity index (χ0) is 40.3. The van der Waals surface area contributed by atoms with Crippen LogP contribution in [-0.4, -0.2) is 37.0 Å². The molecular formula is C43H34ClF3N4O6. The van der Waals surface area contributed by atoms with E-state index in [1.165, 1.54) is 19.2 Å². The molecule has 57 heavy (non-hydrogen) atoms. The lowest BCUT2D eigenvalue weighted by Gasteiger charge is -2.31. The van der Waals surface area contributed by atoms with Crippen molar-refractivity contribution >= 4 is 35.1 Å². The quantitative estimate of drug-likeness (QED) is 0.124. The van der Waals surface area contributed by atoms with Crippen LogP contribution in [0.4, 0.5) is 18.9 Å². The van der Waals surface area contributed by atoms with Crippen molar-refractivity contribution in [2.75, 3.05) is 12.4 Å². The maximum Gasteiger partial charge on any atom is 0.417 e. The van der Waals surface area contributed by atoms with Crippen molar-refractivity contribution in [1.82, 2.24) is 10.6 Å². The van der Waals surface area contributed by atoms with Crippen molar-refractivity contribution in [3.63, 3.8) is 0 Å². The molecule has 290 valence electrons. The molecule has 1 unspecified atom stereocenters. The fourth-order valence-electron chi connectivity index (χ4n) is 6.72. The van der Waals surface area contributed by atoms with E-state index in [2.05, 4.69) is 22.0 Å². The number of hydrogen-bond donors (Lipinski definition) is 3. The van der Waals surface area contributed by atoms with Crippen LogP contribution >= 0.6 is 11.6 Å². The highest BCUT2D eigenvalue weighted by Crippen LogP contribution is 2.39. The summed E-state index contributed by atoms with van der Waals surface area (Å²) in [6.45, 7) is 0.199. The van der Waals surface area contributed by atoms with Crippen LogP contribution in [0.25, 0.3) is 11.1 Å². The Morgan fingerprint density at radius 3 is 2.30 bits per heavy atom. The molecule has 0 aliphatic carbocycles. The largest absolute Gasteiger partial charge is 0.489 e. The number of halogens is 4. The first-order valence-corrected chi connectivity index (χ1v) is 18.2. The number of esters is 1. The molecule has 14 heteroatoms. The maximum absolute atomic E-state index is 13.5. The topological polar surface area (TPSA) is 139 Å². The SMILES string of the molecule is COC(=O)[C@H](Cc1ccc(-c2ccc(C#N)cc2)cc1)NC(=O)C1Cc2cc3c(cc2CN1)O[C@@H](c1ccc(OCc2ccc(Cl)c(C(F)(F)F)c2)cc1)C(=O)N3. The molecule has 0 spiro atoms. The van der Waals surface area contributed by atoms with Gasteiger partial charge in [0.05, 0.1) is 41.1 Å². The summed E-state index contributed by atoms with van der Waals surface area (Å²) in [6.07, 6.45) is -5.08. The molecule has 2 amide bonds. The van der Waals surface area contributed by atoms with Crippen molar-refractivity contribution in [3.05, 3.63) is 147 Å². The fourth-order valence-corrected chi connectivity index (χ4v) is 6.95. The van der Waals surface area contributed by atoms with Crippen molar-refractivity contribution in [1.29, 1.82) is 5.26 Å². The summed E-state index contributed by atoms with van der Waals surface area (Å²) < 4.78 is 56.6. The van der Waals surface area contributed by atoms with E-state index in [0.717, 1.165) is 33.9 Å². The molecule has 0 bridgehead atoms. The van der Waals surface area contributed by atoms with Crippen LogP contribution in [0.1, 0.15) is 45.0 Å². The first kappa shape index (κ1) is 38.9. The second-order valence-corrected chi connectivity index (χ2v) is 14.0. The van der Waals surface area contributed by atoms with Crippen LogP contribution in [0.2, 0.25) is 5.02 Å². The third kappa shape index (κ3) is 8.88. The van der Waals surface area contributed by atoms with Crippen LogP contribution in [0.3, 0.4) is 0 Å². The van der Waals surface area contributed by atoms with E-state index in [4.69, 9.17) is 31.1 Å². The number of rotatable bonds is 10. The molecule has 2 aliphatic rings. The molecule has 0 saturated heterocycles. The average molecular weight is 795 g/mol. The maximum atomic E-state index is 13.5. The van der Waals surface area contributed by atoms with Gasteiger partial charge in [-0.25, -0.2) is 4.79 Å². The Kier molecular flexibility index (Phi) is 11.2. The highest BCUT2D eigenvalue weighted by molar-refractivity contribution is 6.31. The van der Waals surface area contributed by atoms with Gasteiger partial charge in [-0.1, -0.05) is 66.2 Å². The molecule has 0 aromatic heterocycles. The van der Waals surface area contributed by atoms with Gasteiger partial charge in [-0.3, -0.25) is 9.59 Å². The second kappa shape index (κ2) is 16.4.